The highest BCUT2D eigenvalue weighted by molar-refractivity contribution is 5.70. The zero-order chi connectivity index (χ0) is 18.2. The van der Waals surface area contributed by atoms with Gasteiger partial charge in [-0.2, -0.15) is 0 Å². The molecule has 2 saturated heterocycles. The number of carbonyl (C=O) groups is 1. The van der Waals surface area contributed by atoms with Gasteiger partial charge in [0.25, 0.3) is 0 Å². The standard InChI is InChI=1S/C19H28FN3O2/c1-19(2,3)25-18(24)23-15-6-7-16(23)12-22(11-15)14-5-4-13(8-9-21)17(20)10-14/h4-5,10,15-16H,6-9,11-12,21H2,1-3H3. The normalized spacial score (nSPS) is 23.1. The molecule has 0 spiro atoms. The first-order valence-corrected chi connectivity index (χ1v) is 9.03. The number of piperazine rings is 1. The molecule has 2 aliphatic rings. The van der Waals surface area contributed by atoms with Gasteiger partial charge in [0.15, 0.2) is 0 Å². The molecule has 6 heteroatoms. The van der Waals surface area contributed by atoms with E-state index in [2.05, 4.69) is 4.90 Å². The minimum atomic E-state index is -0.490. The maximum Gasteiger partial charge on any atom is 0.410 e. The molecule has 3 rings (SSSR count). The maximum absolute atomic E-state index is 14.2. The van der Waals surface area contributed by atoms with E-state index >= 15 is 0 Å². The van der Waals surface area contributed by atoms with E-state index < -0.39 is 5.60 Å². The van der Waals surface area contributed by atoms with Gasteiger partial charge in [0.2, 0.25) is 0 Å². The van der Waals surface area contributed by atoms with Crippen LogP contribution < -0.4 is 10.6 Å². The molecule has 2 unspecified atom stereocenters. The molecule has 2 bridgehead atoms. The number of amides is 1. The lowest BCUT2D eigenvalue weighted by Gasteiger charge is -2.42. The lowest BCUT2D eigenvalue weighted by atomic mass is 10.1. The second-order valence-electron chi connectivity index (χ2n) is 7.99. The number of nitrogens with two attached hydrogens (primary N) is 1. The van der Waals surface area contributed by atoms with Gasteiger partial charge in [-0.1, -0.05) is 6.07 Å². The summed E-state index contributed by atoms with van der Waals surface area (Å²) >= 11 is 0. The first-order valence-electron chi connectivity index (χ1n) is 9.03. The van der Waals surface area contributed by atoms with E-state index in [0.29, 0.717) is 31.6 Å². The summed E-state index contributed by atoms with van der Waals surface area (Å²) < 4.78 is 19.8. The molecular formula is C19H28FN3O2. The molecule has 1 aromatic rings. The van der Waals surface area contributed by atoms with Gasteiger partial charge in [-0.25, -0.2) is 9.18 Å². The molecule has 138 valence electrons. The summed E-state index contributed by atoms with van der Waals surface area (Å²) in [5.74, 6) is -0.204. The Hall–Kier alpha value is -1.82. The van der Waals surface area contributed by atoms with Gasteiger partial charge in [0.05, 0.1) is 12.1 Å². The Morgan fingerprint density at radius 1 is 1.28 bits per heavy atom. The second-order valence-corrected chi connectivity index (χ2v) is 7.99. The van der Waals surface area contributed by atoms with Gasteiger partial charge in [0.1, 0.15) is 11.4 Å². The number of rotatable bonds is 3. The second kappa shape index (κ2) is 6.83. The van der Waals surface area contributed by atoms with Crippen molar-refractivity contribution >= 4 is 11.8 Å². The molecule has 1 aromatic carbocycles. The van der Waals surface area contributed by atoms with Gasteiger partial charge in [-0.15, -0.1) is 0 Å². The van der Waals surface area contributed by atoms with Crippen molar-refractivity contribution in [3.63, 3.8) is 0 Å². The van der Waals surface area contributed by atoms with Gasteiger partial charge >= 0.3 is 6.09 Å². The fourth-order valence-electron chi connectivity index (χ4n) is 3.82. The molecule has 0 saturated carbocycles. The first-order chi connectivity index (χ1) is 11.8. The van der Waals surface area contributed by atoms with Crippen LogP contribution in [0, 0.1) is 5.82 Å². The Balaban J connectivity index is 1.71. The van der Waals surface area contributed by atoms with Gasteiger partial charge < -0.3 is 15.4 Å². The van der Waals surface area contributed by atoms with Crippen molar-refractivity contribution in [3.05, 3.63) is 29.6 Å². The lowest BCUT2D eigenvalue weighted by Crippen LogP contribution is -2.56. The molecule has 2 aliphatic heterocycles. The van der Waals surface area contributed by atoms with Crippen LogP contribution in [0.25, 0.3) is 0 Å². The quantitative estimate of drug-likeness (QED) is 0.911. The van der Waals surface area contributed by atoms with Crippen molar-refractivity contribution in [2.75, 3.05) is 24.5 Å². The molecule has 5 nitrogen and oxygen atoms in total. The summed E-state index contributed by atoms with van der Waals surface area (Å²) in [6.45, 7) is 7.52. The van der Waals surface area contributed by atoms with Crippen molar-refractivity contribution in [2.45, 2.75) is 57.7 Å². The number of anilines is 1. The minimum absolute atomic E-state index is 0.125. The van der Waals surface area contributed by atoms with E-state index in [1.165, 1.54) is 0 Å². The predicted octanol–water partition coefficient (Wildman–Crippen LogP) is 2.92. The zero-order valence-corrected chi connectivity index (χ0v) is 15.3. The first kappa shape index (κ1) is 18.0. The number of hydrogen-bond donors (Lipinski definition) is 1. The molecule has 0 aliphatic carbocycles. The van der Waals surface area contributed by atoms with Crippen LogP contribution in [-0.4, -0.2) is 48.3 Å². The Labute approximate surface area is 148 Å². The summed E-state index contributed by atoms with van der Waals surface area (Å²) in [7, 11) is 0. The zero-order valence-electron chi connectivity index (χ0n) is 15.3. The average Bonchev–Trinajstić information content (AvgIpc) is 2.78. The van der Waals surface area contributed by atoms with E-state index in [1.807, 2.05) is 37.8 Å². The minimum Gasteiger partial charge on any atom is -0.444 e. The lowest BCUT2D eigenvalue weighted by molar-refractivity contribution is 0.0123. The van der Waals surface area contributed by atoms with E-state index in [1.54, 1.807) is 6.07 Å². The van der Waals surface area contributed by atoms with Crippen LogP contribution in [0.5, 0.6) is 0 Å². The van der Waals surface area contributed by atoms with Crippen LogP contribution in [0.3, 0.4) is 0 Å². The third-order valence-corrected chi connectivity index (χ3v) is 4.90. The average molecular weight is 349 g/mol. The molecule has 2 fully saturated rings. The van der Waals surface area contributed by atoms with Crippen LogP contribution in [-0.2, 0) is 11.2 Å². The Morgan fingerprint density at radius 2 is 1.92 bits per heavy atom. The highest BCUT2D eigenvalue weighted by atomic mass is 19.1. The molecule has 2 N–H and O–H groups in total. The Bertz CT molecular complexity index is 630. The van der Waals surface area contributed by atoms with Gasteiger partial charge in [0, 0.05) is 18.8 Å². The highest BCUT2D eigenvalue weighted by Gasteiger charge is 2.44. The number of benzene rings is 1. The number of hydrogen-bond acceptors (Lipinski definition) is 4. The molecule has 1 amide bonds. The van der Waals surface area contributed by atoms with Crippen LogP contribution in [0.1, 0.15) is 39.2 Å². The van der Waals surface area contributed by atoms with Crippen LogP contribution in [0.2, 0.25) is 0 Å². The third-order valence-electron chi connectivity index (χ3n) is 4.90. The van der Waals surface area contributed by atoms with E-state index in [0.717, 1.165) is 18.5 Å². The Morgan fingerprint density at radius 3 is 2.44 bits per heavy atom. The van der Waals surface area contributed by atoms with E-state index in [-0.39, 0.29) is 24.0 Å². The van der Waals surface area contributed by atoms with Crippen LogP contribution in [0.15, 0.2) is 18.2 Å². The Kier molecular flexibility index (Phi) is 4.91. The largest absolute Gasteiger partial charge is 0.444 e. The van der Waals surface area contributed by atoms with E-state index in [4.69, 9.17) is 10.5 Å². The van der Waals surface area contributed by atoms with Crippen molar-refractivity contribution in [1.29, 1.82) is 0 Å². The number of halogens is 1. The molecule has 0 radical (unpaired) electrons. The summed E-state index contributed by atoms with van der Waals surface area (Å²) in [5.41, 5.74) is 6.55. The van der Waals surface area contributed by atoms with Crippen molar-refractivity contribution in [1.82, 2.24) is 4.90 Å². The van der Waals surface area contributed by atoms with Crippen molar-refractivity contribution < 1.29 is 13.9 Å². The summed E-state index contributed by atoms with van der Waals surface area (Å²) in [6, 6.07) is 5.62. The van der Waals surface area contributed by atoms with Crippen molar-refractivity contribution in [3.8, 4) is 0 Å². The molecular weight excluding hydrogens is 321 g/mol. The smallest absolute Gasteiger partial charge is 0.410 e. The van der Waals surface area contributed by atoms with E-state index in [9.17, 15) is 9.18 Å². The number of ether oxygens (including phenoxy) is 1. The predicted molar refractivity (Wildman–Crippen MR) is 96.3 cm³/mol. The topological polar surface area (TPSA) is 58.8 Å². The third kappa shape index (κ3) is 3.89. The van der Waals surface area contributed by atoms with Crippen molar-refractivity contribution in [2.24, 2.45) is 5.73 Å². The monoisotopic (exact) mass is 349 g/mol. The number of fused-ring (bicyclic) bond motifs is 2. The molecule has 25 heavy (non-hydrogen) atoms. The van der Waals surface area contributed by atoms with Gasteiger partial charge in [-0.3, -0.25) is 4.90 Å². The number of nitrogens with zero attached hydrogens (tertiary/aromatic N) is 2. The fraction of sp³-hybridized carbons (Fsp3) is 0.632. The number of carbonyl (C=O) groups excluding carboxylic acids is 1. The van der Waals surface area contributed by atoms with Crippen LogP contribution in [0.4, 0.5) is 14.9 Å². The maximum atomic E-state index is 14.2. The van der Waals surface area contributed by atoms with Gasteiger partial charge in [-0.05, 0) is 64.3 Å². The fourth-order valence-corrected chi connectivity index (χ4v) is 3.82. The SMILES string of the molecule is CC(C)(C)OC(=O)N1C2CCC1CN(c1ccc(CCN)c(F)c1)C2. The summed E-state index contributed by atoms with van der Waals surface area (Å²) in [4.78, 5) is 16.6. The molecule has 0 aromatic heterocycles. The highest BCUT2D eigenvalue weighted by Crippen LogP contribution is 2.34. The molecule has 2 atom stereocenters. The molecule has 2 heterocycles. The summed E-state index contributed by atoms with van der Waals surface area (Å²) in [5, 5.41) is 0. The summed E-state index contributed by atoms with van der Waals surface area (Å²) in [6.07, 6.45) is 2.25. The van der Waals surface area contributed by atoms with Crippen LogP contribution >= 0.6 is 0 Å².